The molecule has 26 heavy (non-hydrogen) atoms. The Bertz CT molecular complexity index is 795. The highest BCUT2D eigenvalue weighted by molar-refractivity contribution is 6.00. The number of ether oxygens (including phenoxy) is 1. The summed E-state index contributed by atoms with van der Waals surface area (Å²) >= 11 is 0. The van der Waals surface area contributed by atoms with Crippen LogP contribution in [-0.4, -0.2) is 29.5 Å². The number of nitrogens with zero attached hydrogens (tertiary/aromatic N) is 2. The zero-order valence-electron chi connectivity index (χ0n) is 15.5. The molecule has 1 atom stereocenters. The van der Waals surface area contributed by atoms with E-state index in [9.17, 15) is 9.59 Å². The van der Waals surface area contributed by atoms with Gasteiger partial charge in [-0.15, -0.1) is 0 Å². The highest BCUT2D eigenvalue weighted by Gasteiger charge is 2.35. The Kier molecular flexibility index (Phi) is 5.30. The van der Waals surface area contributed by atoms with Crippen molar-refractivity contribution >= 4 is 17.5 Å². The van der Waals surface area contributed by atoms with Crippen LogP contribution in [0.5, 0.6) is 5.75 Å². The summed E-state index contributed by atoms with van der Waals surface area (Å²) in [5.41, 5.74) is 2.99. The number of carbonyl (C=O) groups excluding carboxylic acids is 2. The van der Waals surface area contributed by atoms with Crippen LogP contribution in [-0.2, 0) is 23.2 Å². The molecular formula is C20H25N3O3. The molecule has 1 N–H and O–H groups in total. The van der Waals surface area contributed by atoms with Crippen molar-refractivity contribution in [1.29, 1.82) is 0 Å². The van der Waals surface area contributed by atoms with Crippen molar-refractivity contribution in [3.8, 4) is 5.75 Å². The van der Waals surface area contributed by atoms with E-state index in [1.807, 2.05) is 61.9 Å². The van der Waals surface area contributed by atoms with E-state index in [1.165, 1.54) is 0 Å². The molecule has 2 heterocycles. The monoisotopic (exact) mass is 355 g/mol. The van der Waals surface area contributed by atoms with E-state index in [1.54, 1.807) is 4.90 Å². The molecule has 138 valence electrons. The van der Waals surface area contributed by atoms with Gasteiger partial charge in [0.25, 0.3) is 0 Å². The lowest BCUT2D eigenvalue weighted by molar-refractivity contribution is -0.126. The molecule has 1 aromatic heterocycles. The molecule has 1 aromatic carbocycles. The van der Waals surface area contributed by atoms with E-state index in [-0.39, 0.29) is 24.2 Å². The average molecular weight is 355 g/mol. The molecule has 3 rings (SSSR count). The molecule has 1 fully saturated rings. The van der Waals surface area contributed by atoms with Gasteiger partial charge in [-0.2, -0.15) is 0 Å². The summed E-state index contributed by atoms with van der Waals surface area (Å²) in [4.78, 5) is 26.5. The Balaban J connectivity index is 1.59. The van der Waals surface area contributed by atoms with Crippen LogP contribution in [0.2, 0.25) is 0 Å². The third kappa shape index (κ3) is 3.74. The lowest BCUT2D eigenvalue weighted by Gasteiger charge is -2.17. The highest BCUT2D eigenvalue weighted by Crippen LogP contribution is 2.27. The lowest BCUT2D eigenvalue weighted by Crippen LogP contribution is -2.33. The fourth-order valence-corrected chi connectivity index (χ4v) is 3.19. The molecule has 0 bridgehead atoms. The van der Waals surface area contributed by atoms with Gasteiger partial charge in [0.05, 0.1) is 19.1 Å². The molecule has 1 aliphatic heterocycles. The van der Waals surface area contributed by atoms with Crippen molar-refractivity contribution in [2.24, 2.45) is 13.0 Å². The zero-order valence-corrected chi connectivity index (χ0v) is 15.5. The van der Waals surface area contributed by atoms with Gasteiger partial charge in [-0.1, -0.05) is 0 Å². The first-order valence-electron chi connectivity index (χ1n) is 8.91. The second-order valence-electron chi connectivity index (χ2n) is 6.58. The van der Waals surface area contributed by atoms with E-state index in [0.29, 0.717) is 19.7 Å². The standard InChI is InChI=1S/C20H25N3O3/c1-4-26-18-9-7-16(8-10-18)23-13-15(11-19(23)24)20(25)21-12-17-6-5-14(2)22(17)3/h5-10,15H,4,11-13H2,1-3H3,(H,21,25)/t15-/m0/s1. The van der Waals surface area contributed by atoms with Crippen LogP contribution >= 0.6 is 0 Å². The van der Waals surface area contributed by atoms with E-state index < -0.39 is 0 Å². The fourth-order valence-electron chi connectivity index (χ4n) is 3.19. The van der Waals surface area contributed by atoms with Gasteiger partial charge in [0.15, 0.2) is 0 Å². The summed E-state index contributed by atoms with van der Waals surface area (Å²) in [6.07, 6.45) is 0.241. The molecule has 0 radical (unpaired) electrons. The second kappa shape index (κ2) is 7.64. The van der Waals surface area contributed by atoms with Crippen molar-refractivity contribution < 1.29 is 14.3 Å². The van der Waals surface area contributed by atoms with E-state index in [4.69, 9.17) is 4.74 Å². The van der Waals surface area contributed by atoms with Gasteiger partial charge in [0.1, 0.15) is 5.75 Å². The van der Waals surface area contributed by atoms with Crippen LogP contribution in [0, 0.1) is 12.8 Å². The summed E-state index contributed by atoms with van der Waals surface area (Å²) in [6, 6.07) is 11.4. The molecule has 6 nitrogen and oxygen atoms in total. The average Bonchev–Trinajstić information content (AvgIpc) is 3.17. The predicted molar refractivity (Wildman–Crippen MR) is 100 cm³/mol. The van der Waals surface area contributed by atoms with Crippen LogP contribution < -0.4 is 15.0 Å². The number of hydrogen-bond donors (Lipinski definition) is 1. The lowest BCUT2D eigenvalue weighted by atomic mass is 10.1. The molecule has 0 saturated carbocycles. The highest BCUT2D eigenvalue weighted by atomic mass is 16.5. The number of anilines is 1. The van der Waals surface area contributed by atoms with Gasteiger partial charge in [0.2, 0.25) is 11.8 Å². The van der Waals surface area contributed by atoms with Crippen LogP contribution in [0.15, 0.2) is 36.4 Å². The third-order valence-electron chi connectivity index (χ3n) is 4.88. The molecule has 1 saturated heterocycles. The van der Waals surface area contributed by atoms with Crippen molar-refractivity contribution in [3.05, 3.63) is 47.8 Å². The minimum absolute atomic E-state index is 0.0241. The summed E-state index contributed by atoms with van der Waals surface area (Å²) in [5, 5.41) is 2.95. The number of amides is 2. The van der Waals surface area contributed by atoms with Gasteiger partial charge < -0.3 is 19.5 Å². The van der Waals surface area contributed by atoms with Crippen molar-refractivity contribution in [2.75, 3.05) is 18.1 Å². The third-order valence-corrected chi connectivity index (χ3v) is 4.88. The van der Waals surface area contributed by atoms with Crippen molar-refractivity contribution in [1.82, 2.24) is 9.88 Å². The number of aryl methyl sites for hydroxylation is 1. The number of carbonyl (C=O) groups is 2. The number of rotatable bonds is 6. The molecule has 0 aliphatic carbocycles. The quantitative estimate of drug-likeness (QED) is 0.865. The molecule has 2 amide bonds. The summed E-state index contributed by atoms with van der Waals surface area (Å²) < 4.78 is 7.47. The molecule has 1 aliphatic rings. The van der Waals surface area contributed by atoms with Crippen LogP contribution in [0.25, 0.3) is 0 Å². The van der Waals surface area contributed by atoms with Crippen LogP contribution in [0.1, 0.15) is 24.7 Å². The number of benzene rings is 1. The van der Waals surface area contributed by atoms with E-state index >= 15 is 0 Å². The first-order valence-corrected chi connectivity index (χ1v) is 8.91. The first-order chi connectivity index (χ1) is 12.5. The minimum atomic E-state index is -0.324. The van der Waals surface area contributed by atoms with Crippen LogP contribution in [0.4, 0.5) is 5.69 Å². The molecule has 6 heteroatoms. The van der Waals surface area contributed by atoms with E-state index in [0.717, 1.165) is 22.8 Å². The normalized spacial score (nSPS) is 16.8. The summed E-state index contributed by atoms with van der Waals surface area (Å²) in [5.74, 6) is 0.347. The number of nitrogens with one attached hydrogen (secondary N) is 1. The summed E-state index contributed by atoms with van der Waals surface area (Å²) in [6.45, 7) is 5.43. The van der Waals surface area contributed by atoms with Crippen LogP contribution in [0.3, 0.4) is 0 Å². The van der Waals surface area contributed by atoms with Gasteiger partial charge >= 0.3 is 0 Å². The molecule has 0 unspecified atom stereocenters. The van der Waals surface area contributed by atoms with E-state index in [2.05, 4.69) is 5.32 Å². The van der Waals surface area contributed by atoms with Gasteiger partial charge in [-0.25, -0.2) is 0 Å². The predicted octanol–water partition coefficient (Wildman–Crippen LogP) is 2.40. The molecule has 0 spiro atoms. The topological polar surface area (TPSA) is 63.6 Å². The number of aromatic nitrogens is 1. The Labute approximate surface area is 153 Å². The Morgan fingerprint density at radius 3 is 2.58 bits per heavy atom. The Morgan fingerprint density at radius 2 is 1.96 bits per heavy atom. The van der Waals surface area contributed by atoms with Gasteiger partial charge in [-0.05, 0) is 50.2 Å². The van der Waals surface area contributed by atoms with Gasteiger partial charge in [0, 0.05) is 37.1 Å². The first kappa shape index (κ1) is 18.0. The van der Waals surface area contributed by atoms with Crippen molar-refractivity contribution in [2.45, 2.75) is 26.8 Å². The van der Waals surface area contributed by atoms with Gasteiger partial charge in [-0.3, -0.25) is 9.59 Å². The largest absolute Gasteiger partial charge is 0.494 e. The molecule has 2 aromatic rings. The Hall–Kier alpha value is -2.76. The fraction of sp³-hybridized carbons (Fsp3) is 0.400. The maximum absolute atomic E-state index is 12.5. The SMILES string of the molecule is CCOc1ccc(N2C[C@@H](C(=O)NCc3ccc(C)n3C)CC2=O)cc1. The second-order valence-corrected chi connectivity index (χ2v) is 6.58. The number of hydrogen-bond acceptors (Lipinski definition) is 3. The smallest absolute Gasteiger partial charge is 0.227 e. The minimum Gasteiger partial charge on any atom is -0.494 e. The Morgan fingerprint density at radius 1 is 1.23 bits per heavy atom. The molecular weight excluding hydrogens is 330 g/mol. The summed E-state index contributed by atoms with van der Waals surface area (Å²) in [7, 11) is 1.98. The zero-order chi connectivity index (χ0) is 18.7. The van der Waals surface area contributed by atoms with Crippen molar-refractivity contribution in [3.63, 3.8) is 0 Å². The maximum Gasteiger partial charge on any atom is 0.227 e. The maximum atomic E-state index is 12.5.